The number of aromatic carboxylic acids is 1. The Morgan fingerprint density at radius 1 is 1.42 bits per heavy atom. The van der Waals surface area contributed by atoms with Gasteiger partial charge in [0, 0.05) is 6.20 Å². The molecule has 0 aliphatic rings. The van der Waals surface area contributed by atoms with Crippen LogP contribution >= 0.6 is 11.6 Å². The molecule has 0 aliphatic carbocycles. The summed E-state index contributed by atoms with van der Waals surface area (Å²) in [4.78, 5) is 14.6. The molecule has 0 bridgehead atoms. The number of anilines is 1. The van der Waals surface area contributed by atoms with E-state index in [0.717, 1.165) is 6.20 Å². The molecule has 0 spiro atoms. The predicted octanol–water partition coefficient (Wildman–Crippen LogP) is 2.22. The van der Waals surface area contributed by atoms with Crippen molar-refractivity contribution in [2.45, 2.75) is 26.0 Å². The van der Waals surface area contributed by atoms with Crippen molar-refractivity contribution in [2.75, 3.05) is 4.72 Å². The standard InChI is InChI=1S/C11H15ClN2O4S/c1-6(2)7(3)19(17,18)14-9-4-8(12)5-13-10(9)11(15)16/h4-7,14H,1-3H3,(H,15,16). The first kappa shape index (κ1) is 15.7. The second-order valence-electron chi connectivity index (χ2n) is 4.45. The Morgan fingerprint density at radius 3 is 2.47 bits per heavy atom. The van der Waals surface area contributed by atoms with Crippen LogP contribution in [-0.2, 0) is 10.0 Å². The van der Waals surface area contributed by atoms with E-state index in [2.05, 4.69) is 9.71 Å². The van der Waals surface area contributed by atoms with Gasteiger partial charge in [-0.1, -0.05) is 25.4 Å². The number of carboxylic acids is 1. The molecule has 0 saturated carbocycles. The lowest BCUT2D eigenvalue weighted by Gasteiger charge is -2.18. The van der Waals surface area contributed by atoms with E-state index in [-0.39, 0.29) is 22.3 Å². The fourth-order valence-electron chi connectivity index (χ4n) is 1.29. The van der Waals surface area contributed by atoms with Crippen LogP contribution in [0.3, 0.4) is 0 Å². The number of aromatic nitrogens is 1. The van der Waals surface area contributed by atoms with Crippen molar-refractivity contribution in [3.63, 3.8) is 0 Å². The summed E-state index contributed by atoms with van der Waals surface area (Å²) in [6, 6.07) is 1.22. The Balaban J connectivity index is 3.19. The maximum absolute atomic E-state index is 12.1. The molecular weight excluding hydrogens is 292 g/mol. The highest BCUT2D eigenvalue weighted by atomic mass is 35.5. The monoisotopic (exact) mass is 306 g/mol. The Hall–Kier alpha value is -1.34. The van der Waals surface area contributed by atoms with Crippen LogP contribution in [0.1, 0.15) is 31.3 Å². The largest absolute Gasteiger partial charge is 0.476 e. The van der Waals surface area contributed by atoms with E-state index in [0.29, 0.717) is 0 Å². The van der Waals surface area contributed by atoms with Gasteiger partial charge in [-0.2, -0.15) is 0 Å². The summed E-state index contributed by atoms with van der Waals surface area (Å²) in [5.41, 5.74) is -0.517. The first-order valence-corrected chi connectivity index (χ1v) is 7.48. The predicted molar refractivity (Wildman–Crippen MR) is 73.0 cm³/mol. The fraction of sp³-hybridized carbons (Fsp3) is 0.455. The lowest BCUT2D eigenvalue weighted by atomic mass is 10.2. The van der Waals surface area contributed by atoms with Gasteiger partial charge >= 0.3 is 5.97 Å². The van der Waals surface area contributed by atoms with E-state index in [1.54, 1.807) is 20.8 Å². The third-order valence-electron chi connectivity index (χ3n) is 2.74. The van der Waals surface area contributed by atoms with Gasteiger partial charge in [-0.15, -0.1) is 0 Å². The van der Waals surface area contributed by atoms with Crippen LogP contribution in [0.4, 0.5) is 5.69 Å². The van der Waals surface area contributed by atoms with E-state index in [1.165, 1.54) is 6.07 Å². The summed E-state index contributed by atoms with van der Waals surface area (Å²) in [6.07, 6.45) is 1.15. The van der Waals surface area contributed by atoms with E-state index in [4.69, 9.17) is 16.7 Å². The maximum atomic E-state index is 12.1. The zero-order chi connectivity index (χ0) is 14.8. The van der Waals surface area contributed by atoms with Crippen LogP contribution in [-0.4, -0.2) is 29.7 Å². The minimum atomic E-state index is -3.70. The Morgan fingerprint density at radius 2 is 2.00 bits per heavy atom. The molecule has 19 heavy (non-hydrogen) atoms. The van der Waals surface area contributed by atoms with Gasteiger partial charge in [-0.25, -0.2) is 18.2 Å². The van der Waals surface area contributed by atoms with E-state index >= 15 is 0 Å². The minimum absolute atomic E-state index is 0.113. The average Bonchev–Trinajstić information content (AvgIpc) is 2.26. The van der Waals surface area contributed by atoms with Gasteiger partial charge in [0.25, 0.3) is 0 Å². The van der Waals surface area contributed by atoms with Gasteiger partial charge in [-0.05, 0) is 18.9 Å². The first-order chi connectivity index (χ1) is 8.65. The minimum Gasteiger partial charge on any atom is -0.476 e. The second kappa shape index (κ2) is 5.75. The van der Waals surface area contributed by atoms with Crippen LogP contribution in [0.15, 0.2) is 12.3 Å². The molecule has 8 heteroatoms. The van der Waals surface area contributed by atoms with E-state index in [9.17, 15) is 13.2 Å². The van der Waals surface area contributed by atoms with Gasteiger partial charge < -0.3 is 5.11 Å². The third kappa shape index (κ3) is 3.81. The number of rotatable bonds is 5. The van der Waals surface area contributed by atoms with Crippen molar-refractivity contribution in [3.8, 4) is 0 Å². The molecule has 0 saturated heterocycles. The smallest absolute Gasteiger partial charge is 0.356 e. The van der Waals surface area contributed by atoms with Crippen molar-refractivity contribution in [2.24, 2.45) is 5.92 Å². The van der Waals surface area contributed by atoms with Crippen LogP contribution in [0.5, 0.6) is 0 Å². The van der Waals surface area contributed by atoms with E-state index in [1.807, 2.05) is 0 Å². The number of carboxylic acid groups (broad SMARTS) is 1. The lowest BCUT2D eigenvalue weighted by Crippen LogP contribution is -2.30. The number of hydrogen-bond acceptors (Lipinski definition) is 4. The molecule has 0 amide bonds. The molecular formula is C11H15ClN2O4S. The first-order valence-electron chi connectivity index (χ1n) is 5.55. The number of sulfonamides is 1. The summed E-state index contributed by atoms with van der Waals surface area (Å²) in [6.45, 7) is 5.07. The number of nitrogens with one attached hydrogen (secondary N) is 1. The summed E-state index contributed by atoms with van der Waals surface area (Å²) >= 11 is 5.70. The number of pyridine rings is 1. The molecule has 1 atom stereocenters. The Kier molecular flexibility index (Phi) is 4.75. The highest BCUT2D eigenvalue weighted by Crippen LogP contribution is 2.22. The zero-order valence-corrected chi connectivity index (χ0v) is 12.3. The summed E-state index contributed by atoms with van der Waals surface area (Å²) in [7, 11) is -3.70. The van der Waals surface area contributed by atoms with Gasteiger partial charge in [0.05, 0.1) is 16.0 Å². The molecule has 106 valence electrons. The molecule has 1 rings (SSSR count). The summed E-state index contributed by atoms with van der Waals surface area (Å²) in [5, 5.41) is 8.44. The highest BCUT2D eigenvalue weighted by Gasteiger charge is 2.26. The third-order valence-corrected chi connectivity index (χ3v) is 4.97. The van der Waals surface area contributed by atoms with Crippen molar-refractivity contribution >= 4 is 33.3 Å². The summed E-state index contributed by atoms with van der Waals surface area (Å²) in [5.74, 6) is -1.44. The molecule has 2 N–H and O–H groups in total. The van der Waals surface area contributed by atoms with Crippen LogP contribution in [0.25, 0.3) is 0 Å². The van der Waals surface area contributed by atoms with Gasteiger partial charge in [0.15, 0.2) is 5.69 Å². The lowest BCUT2D eigenvalue weighted by molar-refractivity contribution is 0.0692. The van der Waals surface area contributed by atoms with Gasteiger partial charge in [-0.3, -0.25) is 4.72 Å². The molecule has 1 heterocycles. The maximum Gasteiger partial charge on any atom is 0.356 e. The van der Waals surface area contributed by atoms with Crippen molar-refractivity contribution in [3.05, 3.63) is 23.0 Å². The normalized spacial score (nSPS) is 13.3. The molecule has 1 unspecified atom stereocenters. The molecule has 1 aromatic heterocycles. The molecule has 0 aliphatic heterocycles. The topological polar surface area (TPSA) is 96.4 Å². The van der Waals surface area contributed by atoms with Crippen molar-refractivity contribution < 1.29 is 18.3 Å². The second-order valence-corrected chi connectivity index (χ2v) is 6.93. The van der Waals surface area contributed by atoms with Crippen LogP contribution < -0.4 is 4.72 Å². The zero-order valence-electron chi connectivity index (χ0n) is 10.7. The van der Waals surface area contributed by atoms with Crippen molar-refractivity contribution in [1.29, 1.82) is 0 Å². The number of hydrogen-bond donors (Lipinski definition) is 2. The Bertz CT molecular complexity index is 586. The molecule has 6 nitrogen and oxygen atoms in total. The summed E-state index contributed by atoms with van der Waals surface area (Å²) < 4.78 is 26.3. The van der Waals surface area contributed by atoms with Gasteiger partial charge in [0.1, 0.15) is 0 Å². The molecule has 0 aromatic carbocycles. The number of halogens is 1. The molecule has 0 fully saturated rings. The molecule has 0 radical (unpaired) electrons. The quantitative estimate of drug-likeness (QED) is 0.869. The SMILES string of the molecule is CC(C)C(C)S(=O)(=O)Nc1cc(Cl)cnc1C(=O)O. The number of nitrogens with zero attached hydrogens (tertiary/aromatic N) is 1. The highest BCUT2D eigenvalue weighted by molar-refractivity contribution is 7.93. The van der Waals surface area contributed by atoms with Gasteiger partial charge in [0.2, 0.25) is 10.0 Å². The van der Waals surface area contributed by atoms with Crippen LogP contribution in [0.2, 0.25) is 5.02 Å². The van der Waals surface area contributed by atoms with Crippen molar-refractivity contribution in [1.82, 2.24) is 4.98 Å². The molecule has 1 aromatic rings. The average molecular weight is 307 g/mol. The number of carbonyl (C=O) groups is 1. The Labute approximate surface area is 116 Å². The fourth-order valence-corrected chi connectivity index (χ4v) is 2.81. The van der Waals surface area contributed by atoms with E-state index < -0.39 is 21.2 Å². The van der Waals surface area contributed by atoms with Crippen LogP contribution in [0, 0.1) is 5.92 Å².